The van der Waals surface area contributed by atoms with E-state index in [2.05, 4.69) is 19.2 Å². The van der Waals surface area contributed by atoms with E-state index in [0.717, 1.165) is 17.7 Å². The number of thiophene rings is 1. The number of nitrogens with one attached hydrogen (secondary N) is 1. The van der Waals surface area contributed by atoms with Gasteiger partial charge in [0.15, 0.2) is 0 Å². The van der Waals surface area contributed by atoms with Crippen molar-refractivity contribution in [3.8, 4) is 0 Å². The molecule has 0 saturated heterocycles. The van der Waals surface area contributed by atoms with Crippen LogP contribution in [0.1, 0.15) is 44.5 Å². The lowest BCUT2D eigenvalue weighted by molar-refractivity contribution is -0.123. The molecule has 0 aliphatic heterocycles. The molecule has 3 N–H and O–H groups in total. The van der Waals surface area contributed by atoms with Gasteiger partial charge in [0.2, 0.25) is 5.91 Å². The Bertz CT molecular complexity index is 337. The van der Waals surface area contributed by atoms with Gasteiger partial charge in [-0.25, -0.2) is 0 Å². The van der Waals surface area contributed by atoms with Crippen LogP contribution in [-0.2, 0) is 4.79 Å². The van der Waals surface area contributed by atoms with E-state index in [9.17, 15) is 4.79 Å². The van der Waals surface area contributed by atoms with Crippen molar-refractivity contribution < 1.29 is 4.79 Å². The summed E-state index contributed by atoms with van der Waals surface area (Å²) in [5.74, 6) is 0.548. The minimum Gasteiger partial charge on any atom is -0.352 e. The van der Waals surface area contributed by atoms with Gasteiger partial charge in [-0.15, -0.1) is 11.3 Å². The molecule has 3 nitrogen and oxygen atoms in total. The third kappa shape index (κ3) is 4.48. The Kier molecular flexibility index (Phi) is 5.65. The van der Waals surface area contributed by atoms with Crippen LogP contribution < -0.4 is 11.1 Å². The number of carbonyl (C=O) groups is 1. The molecule has 1 amide bonds. The summed E-state index contributed by atoms with van der Waals surface area (Å²) < 4.78 is 0. The first kappa shape index (κ1) is 14.2. The molecule has 4 heteroatoms. The van der Waals surface area contributed by atoms with Gasteiger partial charge < -0.3 is 11.1 Å². The maximum absolute atomic E-state index is 11.9. The molecule has 1 heterocycles. The Hall–Kier alpha value is -0.870. The molecule has 3 unspecified atom stereocenters. The molecule has 1 rings (SSSR count). The number of hydrogen-bond acceptors (Lipinski definition) is 3. The Labute approximate surface area is 107 Å². The quantitative estimate of drug-likeness (QED) is 0.820. The molecule has 96 valence electrons. The van der Waals surface area contributed by atoms with Gasteiger partial charge in [-0.05, 0) is 30.7 Å². The molecule has 3 atom stereocenters. The normalized spacial score (nSPS) is 16.2. The maximum Gasteiger partial charge on any atom is 0.242 e. The van der Waals surface area contributed by atoms with E-state index in [1.807, 2.05) is 24.4 Å². The Morgan fingerprint density at radius 2 is 2.24 bits per heavy atom. The minimum atomic E-state index is -0.533. The van der Waals surface area contributed by atoms with Crippen LogP contribution >= 0.6 is 11.3 Å². The van der Waals surface area contributed by atoms with Crippen molar-refractivity contribution in [2.75, 3.05) is 0 Å². The lowest BCUT2D eigenvalue weighted by atomic mass is 10.0. The highest BCUT2D eigenvalue weighted by Gasteiger charge is 2.18. The van der Waals surface area contributed by atoms with E-state index in [0.29, 0.717) is 5.92 Å². The summed E-state index contributed by atoms with van der Waals surface area (Å²) in [5.41, 5.74) is 5.89. The lowest BCUT2D eigenvalue weighted by Gasteiger charge is -2.19. The minimum absolute atomic E-state index is 0.0803. The number of nitrogens with two attached hydrogens (primary N) is 1. The smallest absolute Gasteiger partial charge is 0.242 e. The fourth-order valence-electron chi connectivity index (χ4n) is 1.76. The van der Waals surface area contributed by atoms with Crippen LogP contribution in [0.25, 0.3) is 0 Å². The molecule has 0 aliphatic carbocycles. The first-order chi connectivity index (χ1) is 8.04. The van der Waals surface area contributed by atoms with Gasteiger partial charge >= 0.3 is 0 Å². The Balaban J connectivity index is 2.43. The third-order valence-corrected chi connectivity index (χ3v) is 3.93. The van der Waals surface area contributed by atoms with E-state index in [1.54, 1.807) is 0 Å². The van der Waals surface area contributed by atoms with Gasteiger partial charge in [-0.1, -0.05) is 26.3 Å². The molecule has 0 bridgehead atoms. The van der Waals surface area contributed by atoms with E-state index in [1.165, 1.54) is 11.3 Å². The van der Waals surface area contributed by atoms with E-state index >= 15 is 0 Å². The second kappa shape index (κ2) is 6.77. The first-order valence-electron chi connectivity index (χ1n) is 6.14. The molecule has 0 aromatic carbocycles. The molecule has 0 saturated carbocycles. The summed E-state index contributed by atoms with van der Waals surface area (Å²) in [6, 6.07) is 3.46. The summed E-state index contributed by atoms with van der Waals surface area (Å²) in [7, 11) is 0. The molecular formula is C13H22N2OS. The summed E-state index contributed by atoms with van der Waals surface area (Å²) in [5, 5.41) is 4.91. The lowest BCUT2D eigenvalue weighted by Crippen LogP contribution is -2.39. The number of hydrogen-bond donors (Lipinski definition) is 2. The van der Waals surface area contributed by atoms with Crippen molar-refractivity contribution in [3.63, 3.8) is 0 Å². The Morgan fingerprint density at radius 3 is 2.76 bits per heavy atom. The van der Waals surface area contributed by atoms with Gasteiger partial charge in [0.25, 0.3) is 0 Å². The second-order valence-electron chi connectivity index (χ2n) is 4.65. The fraction of sp³-hybridized carbons (Fsp3) is 0.615. The van der Waals surface area contributed by atoms with Gasteiger partial charge in [-0.2, -0.15) is 0 Å². The predicted octanol–water partition coefficient (Wildman–Crippen LogP) is 2.69. The molecular weight excluding hydrogens is 232 g/mol. The second-order valence-corrected chi connectivity index (χ2v) is 5.63. The van der Waals surface area contributed by atoms with Crippen molar-refractivity contribution in [2.45, 2.75) is 45.7 Å². The highest BCUT2D eigenvalue weighted by molar-refractivity contribution is 7.10. The van der Waals surface area contributed by atoms with Gasteiger partial charge in [0.1, 0.15) is 6.04 Å². The van der Waals surface area contributed by atoms with E-state index < -0.39 is 6.04 Å². The van der Waals surface area contributed by atoms with Crippen LogP contribution in [0.5, 0.6) is 0 Å². The maximum atomic E-state index is 11.9. The number of rotatable bonds is 6. The molecule has 1 aromatic rings. The van der Waals surface area contributed by atoms with E-state index in [4.69, 9.17) is 5.73 Å². The summed E-state index contributed by atoms with van der Waals surface area (Å²) >= 11 is 1.52. The van der Waals surface area contributed by atoms with Crippen molar-refractivity contribution >= 4 is 17.2 Å². The van der Waals surface area contributed by atoms with Crippen molar-refractivity contribution in [3.05, 3.63) is 22.4 Å². The summed E-state index contributed by atoms with van der Waals surface area (Å²) in [6.45, 7) is 6.39. The molecule has 0 fully saturated rings. The number of carbonyl (C=O) groups excluding carboxylic acids is 1. The van der Waals surface area contributed by atoms with Crippen LogP contribution in [0.15, 0.2) is 17.5 Å². The highest BCUT2D eigenvalue weighted by Crippen LogP contribution is 2.17. The van der Waals surface area contributed by atoms with Gasteiger partial charge in [0, 0.05) is 10.9 Å². The zero-order valence-corrected chi connectivity index (χ0v) is 11.6. The van der Waals surface area contributed by atoms with Crippen LogP contribution in [0.3, 0.4) is 0 Å². The predicted molar refractivity (Wildman–Crippen MR) is 72.9 cm³/mol. The molecule has 0 spiro atoms. The number of amides is 1. The van der Waals surface area contributed by atoms with Crippen LogP contribution in [-0.4, -0.2) is 11.9 Å². The topological polar surface area (TPSA) is 55.1 Å². The average Bonchev–Trinajstić information content (AvgIpc) is 2.80. The van der Waals surface area contributed by atoms with Crippen molar-refractivity contribution in [1.29, 1.82) is 0 Å². The van der Waals surface area contributed by atoms with Crippen molar-refractivity contribution in [2.24, 2.45) is 11.7 Å². The van der Waals surface area contributed by atoms with Gasteiger partial charge in [-0.3, -0.25) is 4.79 Å². The molecule has 0 aliphatic rings. The van der Waals surface area contributed by atoms with Gasteiger partial charge in [0.05, 0.1) is 0 Å². The molecule has 17 heavy (non-hydrogen) atoms. The standard InChI is InChI=1S/C13H22N2OS/c1-4-9(2)8-10(3)15-13(16)12(14)11-6-5-7-17-11/h5-7,9-10,12H,4,8,14H2,1-3H3,(H,15,16). The van der Waals surface area contributed by atoms with E-state index in [-0.39, 0.29) is 11.9 Å². The van der Waals surface area contributed by atoms with Crippen molar-refractivity contribution in [1.82, 2.24) is 5.32 Å². The van der Waals surface area contributed by atoms with Crippen LogP contribution in [0.2, 0.25) is 0 Å². The molecule has 1 aromatic heterocycles. The monoisotopic (exact) mass is 254 g/mol. The zero-order chi connectivity index (χ0) is 12.8. The fourth-order valence-corrected chi connectivity index (χ4v) is 2.48. The zero-order valence-electron chi connectivity index (χ0n) is 10.8. The summed E-state index contributed by atoms with van der Waals surface area (Å²) in [4.78, 5) is 12.8. The average molecular weight is 254 g/mol. The Morgan fingerprint density at radius 1 is 1.53 bits per heavy atom. The summed E-state index contributed by atoms with van der Waals surface area (Å²) in [6.07, 6.45) is 2.14. The highest BCUT2D eigenvalue weighted by atomic mass is 32.1. The largest absolute Gasteiger partial charge is 0.352 e. The first-order valence-corrected chi connectivity index (χ1v) is 7.01. The van der Waals surface area contributed by atoms with Crippen LogP contribution in [0, 0.1) is 5.92 Å². The van der Waals surface area contributed by atoms with Crippen LogP contribution in [0.4, 0.5) is 0 Å². The molecule has 0 radical (unpaired) electrons. The third-order valence-electron chi connectivity index (χ3n) is 2.97. The SMILES string of the molecule is CCC(C)CC(C)NC(=O)C(N)c1cccs1.